The van der Waals surface area contributed by atoms with Crippen molar-refractivity contribution in [3.8, 4) is 5.75 Å². The van der Waals surface area contributed by atoms with Crippen LogP contribution in [0.15, 0.2) is 60.7 Å². The number of hydrogen-bond acceptors (Lipinski definition) is 1. The average Bonchev–Trinajstić information content (AvgIpc) is 3.26. The van der Waals surface area contributed by atoms with Gasteiger partial charge in [0.25, 0.3) is 0 Å². The van der Waals surface area contributed by atoms with Gasteiger partial charge in [0.1, 0.15) is 12.4 Å². The van der Waals surface area contributed by atoms with Crippen molar-refractivity contribution >= 4 is 0 Å². The Balaban J connectivity index is 1.86. The molecule has 0 radical (unpaired) electrons. The van der Waals surface area contributed by atoms with Crippen molar-refractivity contribution < 1.29 is 4.74 Å². The minimum atomic E-state index is 0.00685. The molecule has 1 heterocycles. The molecule has 1 unspecified atom stereocenters. The topological polar surface area (TPSA) is 25.0 Å². The predicted molar refractivity (Wildman–Crippen MR) is 127 cm³/mol. The second-order valence-electron chi connectivity index (χ2n) is 8.56. The molecular formula is C28H37NO. The maximum Gasteiger partial charge on any atom is 0.122 e. The molecule has 3 rings (SSSR count). The van der Waals surface area contributed by atoms with Crippen molar-refractivity contribution in [1.82, 2.24) is 4.98 Å². The van der Waals surface area contributed by atoms with Crippen molar-refractivity contribution in [2.45, 2.75) is 78.2 Å². The third-order valence-corrected chi connectivity index (χ3v) is 6.65. The summed E-state index contributed by atoms with van der Waals surface area (Å²) in [6.07, 6.45) is 4.56. The van der Waals surface area contributed by atoms with Gasteiger partial charge in [0.05, 0.1) is 0 Å². The lowest BCUT2D eigenvalue weighted by molar-refractivity contribution is 0.303. The molecule has 2 aromatic carbocycles. The van der Waals surface area contributed by atoms with Gasteiger partial charge in [-0.1, -0.05) is 76.6 Å². The van der Waals surface area contributed by atoms with Crippen LogP contribution in [-0.4, -0.2) is 4.98 Å². The van der Waals surface area contributed by atoms with E-state index in [4.69, 9.17) is 4.74 Å². The van der Waals surface area contributed by atoms with E-state index in [2.05, 4.69) is 94.2 Å². The first-order chi connectivity index (χ1) is 14.5. The molecule has 30 heavy (non-hydrogen) atoms. The van der Waals surface area contributed by atoms with Gasteiger partial charge in [-0.15, -0.1) is 0 Å². The Morgan fingerprint density at radius 1 is 0.933 bits per heavy atom. The quantitative estimate of drug-likeness (QED) is 0.365. The molecule has 0 spiro atoms. The maximum absolute atomic E-state index is 6.12. The molecule has 0 saturated heterocycles. The number of benzene rings is 2. The number of nitrogens with one attached hydrogen (secondary N) is 1. The minimum Gasteiger partial charge on any atom is -0.489 e. The molecule has 1 atom stereocenters. The smallest absolute Gasteiger partial charge is 0.122 e. The summed E-state index contributed by atoms with van der Waals surface area (Å²) in [5.74, 6) is 1.54. The van der Waals surface area contributed by atoms with Gasteiger partial charge in [0.2, 0.25) is 0 Å². The van der Waals surface area contributed by atoms with E-state index in [1.807, 2.05) is 6.07 Å². The molecule has 0 fully saturated rings. The molecule has 0 saturated carbocycles. The molecule has 3 aromatic rings. The van der Waals surface area contributed by atoms with Crippen LogP contribution in [0.5, 0.6) is 5.75 Å². The summed E-state index contributed by atoms with van der Waals surface area (Å²) in [5.41, 5.74) is 6.46. The number of H-pyrrole nitrogens is 1. The molecule has 1 N–H and O–H groups in total. The van der Waals surface area contributed by atoms with Crippen LogP contribution < -0.4 is 4.74 Å². The van der Waals surface area contributed by atoms with Crippen molar-refractivity contribution in [1.29, 1.82) is 0 Å². The average molecular weight is 404 g/mol. The molecule has 1 aromatic heterocycles. The summed E-state index contributed by atoms with van der Waals surface area (Å²) in [6, 6.07) is 21.7. The third kappa shape index (κ3) is 4.64. The number of aromatic nitrogens is 1. The van der Waals surface area contributed by atoms with Crippen molar-refractivity contribution in [2.75, 3.05) is 0 Å². The van der Waals surface area contributed by atoms with Crippen LogP contribution in [0.1, 0.15) is 87.4 Å². The van der Waals surface area contributed by atoms with E-state index in [1.165, 1.54) is 40.9 Å². The van der Waals surface area contributed by atoms with Crippen LogP contribution >= 0.6 is 0 Å². The summed E-state index contributed by atoms with van der Waals surface area (Å²) in [5, 5.41) is 0. The van der Waals surface area contributed by atoms with Gasteiger partial charge in [0, 0.05) is 16.8 Å². The third-order valence-electron chi connectivity index (χ3n) is 6.65. The first-order valence-electron chi connectivity index (χ1n) is 11.5. The number of ether oxygens (including phenoxy) is 1. The van der Waals surface area contributed by atoms with E-state index in [0.29, 0.717) is 12.5 Å². The molecule has 2 nitrogen and oxygen atoms in total. The number of aromatic amines is 1. The van der Waals surface area contributed by atoms with Gasteiger partial charge in [0.15, 0.2) is 0 Å². The highest BCUT2D eigenvalue weighted by molar-refractivity contribution is 5.44. The minimum absolute atomic E-state index is 0.00685. The summed E-state index contributed by atoms with van der Waals surface area (Å²) in [6.45, 7) is 11.9. The summed E-state index contributed by atoms with van der Waals surface area (Å²) >= 11 is 0. The highest BCUT2D eigenvalue weighted by Crippen LogP contribution is 2.40. The SMILES string of the molecule is CCCC(C)c1ccc(C(CC)(CC)c2ccc(OCc3ccccc3)c(C)c2)[nH]1. The van der Waals surface area contributed by atoms with Crippen molar-refractivity contribution in [3.63, 3.8) is 0 Å². The molecule has 0 aliphatic rings. The fourth-order valence-corrected chi connectivity index (χ4v) is 4.61. The van der Waals surface area contributed by atoms with Crippen LogP contribution in [0.4, 0.5) is 0 Å². The molecule has 0 amide bonds. The fourth-order valence-electron chi connectivity index (χ4n) is 4.61. The second-order valence-corrected chi connectivity index (χ2v) is 8.56. The van der Waals surface area contributed by atoms with E-state index >= 15 is 0 Å². The Hall–Kier alpha value is -2.48. The van der Waals surface area contributed by atoms with Crippen LogP contribution in [0.2, 0.25) is 0 Å². The number of aryl methyl sites for hydroxylation is 1. The molecule has 160 valence electrons. The normalized spacial score (nSPS) is 12.7. The largest absolute Gasteiger partial charge is 0.489 e. The Bertz CT molecular complexity index is 921. The zero-order valence-electron chi connectivity index (χ0n) is 19.3. The van der Waals surface area contributed by atoms with Crippen LogP contribution in [0, 0.1) is 6.92 Å². The Labute approximate surface area is 182 Å². The van der Waals surface area contributed by atoms with Crippen molar-refractivity contribution in [2.24, 2.45) is 0 Å². The second kappa shape index (κ2) is 10.0. The molecular weight excluding hydrogens is 366 g/mol. The molecule has 2 heteroatoms. The number of rotatable bonds is 10. The Morgan fingerprint density at radius 3 is 2.30 bits per heavy atom. The Morgan fingerprint density at radius 2 is 1.67 bits per heavy atom. The van der Waals surface area contributed by atoms with E-state index in [-0.39, 0.29) is 5.41 Å². The fraction of sp³-hybridized carbons (Fsp3) is 0.429. The van der Waals surface area contributed by atoms with Gasteiger partial charge in [-0.2, -0.15) is 0 Å². The predicted octanol–water partition coefficient (Wildman–Crippen LogP) is 7.91. The highest BCUT2D eigenvalue weighted by atomic mass is 16.5. The summed E-state index contributed by atoms with van der Waals surface area (Å²) in [4.78, 5) is 3.79. The van der Waals surface area contributed by atoms with Gasteiger partial charge >= 0.3 is 0 Å². The van der Waals surface area contributed by atoms with Gasteiger partial charge in [-0.3, -0.25) is 0 Å². The summed E-state index contributed by atoms with van der Waals surface area (Å²) < 4.78 is 6.12. The standard InChI is InChI=1S/C28H37NO/c1-6-12-21(4)25-16-18-27(29-25)28(7-2,8-3)24-15-17-26(22(5)19-24)30-20-23-13-10-9-11-14-23/h9-11,13-19,21,29H,6-8,12,20H2,1-5H3. The Kier molecular flexibility index (Phi) is 7.42. The first-order valence-corrected chi connectivity index (χ1v) is 11.5. The first kappa shape index (κ1) is 22.2. The molecule has 0 aliphatic carbocycles. The van der Waals surface area contributed by atoms with Crippen LogP contribution in [0.25, 0.3) is 0 Å². The zero-order valence-corrected chi connectivity index (χ0v) is 19.3. The van der Waals surface area contributed by atoms with E-state index < -0.39 is 0 Å². The van der Waals surface area contributed by atoms with Crippen LogP contribution in [0.3, 0.4) is 0 Å². The highest BCUT2D eigenvalue weighted by Gasteiger charge is 2.32. The van der Waals surface area contributed by atoms with E-state index in [9.17, 15) is 0 Å². The van der Waals surface area contributed by atoms with Gasteiger partial charge in [-0.25, -0.2) is 0 Å². The van der Waals surface area contributed by atoms with Crippen LogP contribution in [-0.2, 0) is 12.0 Å². The molecule has 0 bridgehead atoms. The molecule has 0 aliphatic heterocycles. The zero-order chi connectivity index (χ0) is 21.6. The maximum atomic E-state index is 6.12. The lowest BCUT2D eigenvalue weighted by Gasteiger charge is -2.32. The van der Waals surface area contributed by atoms with Gasteiger partial charge in [-0.05, 0) is 67.0 Å². The lowest BCUT2D eigenvalue weighted by Crippen LogP contribution is -2.27. The van der Waals surface area contributed by atoms with E-state index in [1.54, 1.807) is 0 Å². The summed E-state index contributed by atoms with van der Waals surface area (Å²) in [7, 11) is 0. The van der Waals surface area contributed by atoms with E-state index in [0.717, 1.165) is 18.6 Å². The van der Waals surface area contributed by atoms with Gasteiger partial charge < -0.3 is 9.72 Å². The number of hydrogen-bond donors (Lipinski definition) is 1. The van der Waals surface area contributed by atoms with Crippen molar-refractivity contribution in [3.05, 3.63) is 88.7 Å². The monoisotopic (exact) mass is 403 g/mol. The lowest BCUT2D eigenvalue weighted by atomic mass is 9.73.